The van der Waals surface area contributed by atoms with Crippen LogP contribution in [-0.4, -0.2) is 17.8 Å². The van der Waals surface area contributed by atoms with Crippen LogP contribution in [0.4, 0.5) is 5.13 Å². The molecule has 1 N–H and O–H groups in total. The monoisotopic (exact) mass is 399 g/mol. The topological polar surface area (TPSA) is 46.5 Å². The fourth-order valence-electron chi connectivity index (χ4n) is 2.49. The first kappa shape index (κ1) is 19.4. The van der Waals surface area contributed by atoms with E-state index in [-0.39, 0.29) is 0 Å². The summed E-state index contributed by atoms with van der Waals surface area (Å²) < 4.78 is 5.87. The number of rotatable bonds is 9. The molecular formula is C21H22ClN3OS. The molecule has 0 atom stereocenters. The summed E-state index contributed by atoms with van der Waals surface area (Å²) in [6.07, 6.45) is 5.19. The maximum atomic E-state index is 5.93. The molecule has 6 heteroatoms. The number of ether oxygens (including phenoxy) is 1. The maximum Gasteiger partial charge on any atom is 0.203 e. The van der Waals surface area contributed by atoms with E-state index >= 15 is 0 Å². The van der Waals surface area contributed by atoms with Gasteiger partial charge in [0.1, 0.15) is 5.75 Å². The number of anilines is 1. The van der Waals surface area contributed by atoms with Crippen molar-refractivity contribution in [1.29, 1.82) is 0 Å². The summed E-state index contributed by atoms with van der Waals surface area (Å²) >= 11 is 7.44. The van der Waals surface area contributed by atoms with Gasteiger partial charge in [-0.15, -0.1) is 11.3 Å². The molecule has 0 saturated carbocycles. The van der Waals surface area contributed by atoms with Crippen molar-refractivity contribution in [1.82, 2.24) is 4.98 Å². The van der Waals surface area contributed by atoms with E-state index < -0.39 is 0 Å². The van der Waals surface area contributed by atoms with Crippen molar-refractivity contribution in [2.24, 2.45) is 5.10 Å². The zero-order valence-corrected chi connectivity index (χ0v) is 16.8. The van der Waals surface area contributed by atoms with Crippen molar-refractivity contribution >= 4 is 34.3 Å². The van der Waals surface area contributed by atoms with Crippen LogP contribution in [0.1, 0.15) is 31.7 Å². The van der Waals surface area contributed by atoms with E-state index in [4.69, 9.17) is 16.3 Å². The van der Waals surface area contributed by atoms with Gasteiger partial charge >= 0.3 is 0 Å². The molecule has 2 aromatic carbocycles. The highest BCUT2D eigenvalue weighted by Crippen LogP contribution is 2.26. The van der Waals surface area contributed by atoms with Crippen LogP contribution in [0.15, 0.2) is 59.0 Å². The first-order valence-corrected chi connectivity index (χ1v) is 10.2. The van der Waals surface area contributed by atoms with Gasteiger partial charge in [-0.05, 0) is 30.7 Å². The minimum atomic E-state index is 0.715. The summed E-state index contributed by atoms with van der Waals surface area (Å²) in [4.78, 5) is 4.55. The lowest BCUT2D eigenvalue weighted by atomic mass is 10.2. The predicted octanol–water partition coefficient (Wildman–Crippen LogP) is 6.48. The van der Waals surface area contributed by atoms with Gasteiger partial charge < -0.3 is 4.74 Å². The standard InChI is InChI=1S/C21H22ClN3OS/c1-2-3-6-13-26-20-8-5-4-7-17(20)14-23-25-21-24-19(15-27-21)16-9-11-18(22)12-10-16/h4-5,7-12,14-15H,2-3,6,13H2,1H3,(H,24,25)/b23-14-. The van der Waals surface area contributed by atoms with Gasteiger partial charge in [0.05, 0.1) is 18.5 Å². The molecule has 0 aliphatic heterocycles. The van der Waals surface area contributed by atoms with E-state index in [2.05, 4.69) is 22.4 Å². The van der Waals surface area contributed by atoms with Crippen LogP contribution in [0.3, 0.4) is 0 Å². The number of unbranched alkanes of at least 4 members (excludes halogenated alkanes) is 2. The maximum absolute atomic E-state index is 5.93. The van der Waals surface area contributed by atoms with Gasteiger partial charge in [0, 0.05) is 21.5 Å². The average molecular weight is 400 g/mol. The Labute approximate surface area is 168 Å². The van der Waals surface area contributed by atoms with Crippen molar-refractivity contribution in [2.45, 2.75) is 26.2 Å². The molecule has 0 amide bonds. The minimum Gasteiger partial charge on any atom is -0.493 e. The second kappa shape index (κ2) is 10.1. The number of benzene rings is 2. The molecule has 1 heterocycles. The number of hydrogen-bond acceptors (Lipinski definition) is 5. The van der Waals surface area contributed by atoms with Crippen molar-refractivity contribution in [2.75, 3.05) is 12.0 Å². The van der Waals surface area contributed by atoms with E-state index in [0.717, 1.165) is 40.7 Å². The van der Waals surface area contributed by atoms with E-state index in [1.54, 1.807) is 6.21 Å². The molecule has 0 saturated heterocycles. The number of nitrogens with one attached hydrogen (secondary N) is 1. The molecule has 0 radical (unpaired) electrons. The predicted molar refractivity (Wildman–Crippen MR) is 115 cm³/mol. The Kier molecular flexibility index (Phi) is 7.25. The fourth-order valence-corrected chi connectivity index (χ4v) is 3.28. The largest absolute Gasteiger partial charge is 0.493 e. The number of halogens is 1. The molecule has 140 valence electrons. The Hall–Kier alpha value is -2.37. The summed E-state index contributed by atoms with van der Waals surface area (Å²) in [5.41, 5.74) is 5.86. The summed E-state index contributed by atoms with van der Waals surface area (Å²) in [5.74, 6) is 0.847. The van der Waals surface area contributed by atoms with Crippen LogP contribution in [-0.2, 0) is 0 Å². The van der Waals surface area contributed by atoms with Crippen LogP contribution in [0.25, 0.3) is 11.3 Å². The van der Waals surface area contributed by atoms with E-state index in [9.17, 15) is 0 Å². The quantitative estimate of drug-likeness (QED) is 0.254. The molecule has 1 aromatic heterocycles. The van der Waals surface area contributed by atoms with E-state index in [1.165, 1.54) is 24.2 Å². The lowest BCUT2D eigenvalue weighted by Gasteiger charge is -2.08. The Balaban J connectivity index is 1.60. The third-order valence-corrected chi connectivity index (χ3v) is 4.93. The van der Waals surface area contributed by atoms with Crippen LogP contribution in [0, 0.1) is 0 Å². The highest BCUT2D eigenvalue weighted by molar-refractivity contribution is 7.14. The molecule has 0 aliphatic rings. The van der Waals surface area contributed by atoms with Gasteiger partial charge in [-0.25, -0.2) is 4.98 Å². The molecule has 0 spiro atoms. The first-order chi connectivity index (χ1) is 13.3. The molecule has 27 heavy (non-hydrogen) atoms. The van der Waals surface area contributed by atoms with Crippen LogP contribution in [0.5, 0.6) is 5.75 Å². The number of thiazole rings is 1. The van der Waals surface area contributed by atoms with E-state index in [0.29, 0.717) is 5.02 Å². The first-order valence-electron chi connectivity index (χ1n) is 8.98. The average Bonchev–Trinajstić information content (AvgIpc) is 3.16. The lowest BCUT2D eigenvalue weighted by Crippen LogP contribution is -2.00. The normalized spacial score (nSPS) is 11.0. The van der Waals surface area contributed by atoms with Gasteiger partial charge in [0.2, 0.25) is 5.13 Å². The van der Waals surface area contributed by atoms with Crippen molar-refractivity contribution < 1.29 is 4.74 Å². The highest BCUT2D eigenvalue weighted by atomic mass is 35.5. The van der Waals surface area contributed by atoms with Crippen LogP contribution < -0.4 is 10.2 Å². The highest BCUT2D eigenvalue weighted by Gasteiger charge is 2.04. The molecule has 4 nitrogen and oxygen atoms in total. The Bertz CT molecular complexity index is 877. The van der Waals surface area contributed by atoms with Crippen molar-refractivity contribution in [3.8, 4) is 17.0 Å². The minimum absolute atomic E-state index is 0.715. The zero-order chi connectivity index (χ0) is 18.9. The second-order valence-electron chi connectivity index (χ2n) is 6.01. The number of hydrogen-bond donors (Lipinski definition) is 1. The summed E-state index contributed by atoms with van der Waals surface area (Å²) in [6.45, 7) is 2.91. The lowest BCUT2D eigenvalue weighted by molar-refractivity contribution is 0.306. The van der Waals surface area contributed by atoms with Gasteiger partial charge in [0.15, 0.2) is 0 Å². The molecule has 0 bridgehead atoms. The van der Waals surface area contributed by atoms with Gasteiger partial charge in [-0.3, -0.25) is 5.43 Å². The number of aromatic nitrogens is 1. The number of para-hydroxylation sites is 1. The third-order valence-electron chi connectivity index (χ3n) is 3.93. The smallest absolute Gasteiger partial charge is 0.203 e. The number of nitrogens with zero attached hydrogens (tertiary/aromatic N) is 2. The van der Waals surface area contributed by atoms with Crippen LogP contribution in [0.2, 0.25) is 5.02 Å². The summed E-state index contributed by atoms with van der Waals surface area (Å²) in [5, 5.41) is 7.75. The SMILES string of the molecule is CCCCCOc1ccccc1/C=N\Nc1nc(-c2ccc(Cl)cc2)cs1. The second-order valence-corrected chi connectivity index (χ2v) is 7.30. The molecule has 0 unspecified atom stereocenters. The van der Waals surface area contributed by atoms with Crippen molar-refractivity contribution in [3.63, 3.8) is 0 Å². The number of hydrazone groups is 1. The van der Waals surface area contributed by atoms with E-state index in [1.807, 2.05) is 53.9 Å². The molecule has 3 rings (SSSR count). The summed E-state index contributed by atoms with van der Waals surface area (Å²) in [6, 6.07) is 15.5. The molecule has 0 fully saturated rings. The van der Waals surface area contributed by atoms with Gasteiger partial charge in [-0.1, -0.05) is 55.6 Å². The fraction of sp³-hybridized carbons (Fsp3) is 0.238. The van der Waals surface area contributed by atoms with Gasteiger partial charge in [-0.2, -0.15) is 5.10 Å². The van der Waals surface area contributed by atoms with Crippen molar-refractivity contribution in [3.05, 3.63) is 64.5 Å². The third kappa shape index (κ3) is 5.81. The molecule has 0 aliphatic carbocycles. The molecular weight excluding hydrogens is 378 g/mol. The Morgan fingerprint density at radius 2 is 1.96 bits per heavy atom. The zero-order valence-electron chi connectivity index (χ0n) is 15.2. The van der Waals surface area contributed by atoms with Gasteiger partial charge in [0.25, 0.3) is 0 Å². The summed E-state index contributed by atoms with van der Waals surface area (Å²) in [7, 11) is 0. The Morgan fingerprint density at radius 3 is 2.78 bits per heavy atom. The molecule has 3 aromatic rings. The van der Waals surface area contributed by atoms with Crippen LogP contribution >= 0.6 is 22.9 Å². The Morgan fingerprint density at radius 1 is 1.15 bits per heavy atom.